The molecule has 0 aromatic heterocycles. The molecule has 0 saturated carbocycles. The highest BCUT2D eigenvalue weighted by Crippen LogP contribution is 2.21. The Morgan fingerprint density at radius 3 is 2.54 bits per heavy atom. The van der Waals surface area contributed by atoms with Gasteiger partial charge in [0, 0.05) is 38.4 Å². The minimum atomic E-state index is -0.0858. The summed E-state index contributed by atoms with van der Waals surface area (Å²) in [5.74, 6) is 0.432. The number of allylic oxidation sites excluding steroid dienone is 1. The van der Waals surface area contributed by atoms with Gasteiger partial charge in [-0.25, -0.2) is 0 Å². The summed E-state index contributed by atoms with van der Waals surface area (Å²) >= 11 is 0. The zero-order valence-electron chi connectivity index (χ0n) is 15.8. The Kier molecular flexibility index (Phi) is 6.56. The van der Waals surface area contributed by atoms with Crippen LogP contribution in [0.4, 0.5) is 5.69 Å². The van der Waals surface area contributed by atoms with Gasteiger partial charge in [0.1, 0.15) is 5.75 Å². The molecule has 5 heteroatoms. The molecule has 1 fully saturated rings. The second-order valence-electron chi connectivity index (χ2n) is 7.36. The lowest BCUT2D eigenvalue weighted by Gasteiger charge is -2.38. The Morgan fingerprint density at radius 1 is 1.15 bits per heavy atom. The van der Waals surface area contributed by atoms with E-state index in [1.807, 2.05) is 19.1 Å². The van der Waals surface area contributed by atoms with Gasteiger partial charge in [-0.05, 0) is 63.3 Å². The largest absolute Gasteiger partial charge is 0.508 e. The van der Waals surface area contributed by atoms with Gasteiger partial charge in [0.25, 0.3) is 0 Å². The number of benzene rings is 1. The summed E-state index contributed by atoms with van der Waals surface area (Å²) in [6.45, 7) is 6.31. The smallest absolute Gasteiger partial charge is 0.237 e. The summed E-state index contributed by atoms with van der Waals surface area (Å²) in [5, 5.41) is 12.5. The lowest BCUT2D eigenvalue weighted by Crippen LogP contribution is -2.54. The van der Waals surface area contributed by atoms with Crippen molar-refractivity contribution in [2.75, 3.05) is 37.6 Å². The van der Waals surface area contributed by atoms with Crippen molar-refractivity contribution in [3.8, 4) is 5.75 Å². The van der Waals surface area contributed by atoms with E-state index in [0.29, 0.717) is 5.75 Å². The summed E-state index contributed by atoms with van der Waals surface area (Å²) in [6, 6.07) is 7.25. The molecule has 1 saturated heterocycles. The summed E-state index contributed by atoms with van der Waals surface area (Å²) in [5.41, 5.74) is 2.63. The normalized spacial score (nSPS) is 19.7. The van der Waals surface area contributed by atoms with E-state index in [1.165, 1.54) is 31.3 Å². The number of phenolic OH excluding ortho intramolecular Hbond substituents is 1. The van der Waals surface area contributed by atoms with Crippen LogP contribution in [-0.4, -0.2) is 54.7 Å². The van der Waals surface area contributed by atoms with E-state index in [0.717, 1.165) is 44.8 Å². The fraction of sp³-hybridized carbons (Fsp3) is 0.571. The molecule has 5 nitrogen and oxygen atoms in total. The molecule has 2 N–H and O–H groups in total. The van der Waals surface area contributed by atoms with Gasteiger partial charge in [0.15, 0.2) is 0 Å². The lowest BCUT2D eigenvalue weighted by molar-refractivity contribution is -0.125. The van der Waals surface area contributed by atoms with Crippen LogP contribution in [0, 0.1) is 0 Å². The fourth-order valence-corrected chi connectivity index (χ4v) is 3.82. The number of hydrogen-bond acceptors (Lipinski definition) is 4. The first-order valence-corrected chi connectivity index (χ1v) is 9.87. The summed E-state index contributed by atoms with van der Waals surface area (Å²) in [7, 11) is 0. The van der Waals surface area contributed by atoms with Gasteiger partial charge in [0.05, 0.1) is 6.04 Å². The third-order valence-corrected chi connectivity index (χ3v) is 5.59. The number of carbonyl (C=O) groups is 1. The Bertz CT molecular complexity index is 619. The molecule has 1 heterocycles. The Morgan fingerprint density at radius 2 is 1.88 bits per heavy atom. The van der Waals surface area contributed by atoms with Crippen molar-refractivity contribution in [1.82, 2.24) is 10.2 Å². The van der Waals surface area contributed by atoms with Gasteiger partial charge >= 0.3 is 0 Å². The number of nitrogens with zero attached hydrogens (tertiary/aromatic N) is 2. The minimum absolute atomic E-state index is 0.0858. The molecule has 0 radical (unpaired) electrons. The number of amides is 1. The molecule has 1 aliphatic heterocycles. The molecule has 1 amide bonds. The number of phenols is 1. The van der Waals surface area contributed by atoms with Gasteiger partial charge < -0.3 is 15.3 Å². The molecule has 1 aromatic carbocycles. The predicted molar refractivity (Wildman–Crippen MR) is 106 cm³/mol. The molecule has 0 bridgehead atoms. The van der Waals surface area contributed by atoms with Gasteiger partial charge in [-0.3, -0.25) is 9.69 Å². The molecule has 0 spiro atoms. The van der Waals surface area contributed by atoms with E-state index < -0.39 is 0 Å². The first-order chi connectivity index (χ1) is 12.6. The molecule has 1 atom stereocenters. The molecule has 3 rings (SSSR count). The van der Waals surface area contributed by atoms with E-state index >= 15 is 0 Å². The zero-order valence-corrected chi connectivity index (χ0v) is 15.8. The molecule has 142 valence electrons. The van der Waals surface area contributed by atoms with Crippen molar-refractivity contribution in [2.45, 2.75) is 45.1 Å². The quantitative estimate of drug-likeness (QED) is 0.769. The first kappa shape index (κ1) is 18.8. The molecule has 0 unspecified atom stereocenters. The minimum Gasteiger partial charge on any atom is -0.508 e. The lowest BCUT2D eigenvalue weighted by atomic mass is 9.97. The maximum absolute atomic E-state index is 12.5. The van der Waals surface area contributed by atoms with E-state index in [4.69, 9.17) is 0 Å². The van der Waals surface area contributed by atoms with Crippen molar-refractivity contribution in [3.05, 3.63) is 35.9 Å². The molecule has 1 aromatic rings. The van der Waals surface area contributed by atoms with Gasteiger partial charge in [-0.2, -0.15) is 0 Å². The van der Waals surface area contributed by atoms with Crippen LogP contribution < -0.4 is 10.2 Å². The van der Waals surface area contributed by atoms with Gasteiger partial charge in [-0.15, -0.1) is 0 Å². The predicted octanol–water partition coefficient (Wildman–Crippen LogP) is 2.91. The topological polar surface area (TPSA) is 55.8 Å². The molecule has 2 aliphatic rings. The number of hydrogen-bond donors (Lipinski definition) is 2. The first-order valence-electron chi connectivity index (χ1n) is 9.87. The number of rotatable bonds is 6. The third kappa shape index (κ3) is 5.01. The maximum Gasteiger partial charge on any atom is 0.237 e. The van der Waals surface area contributed by atoms with E-state index in [1.54, 1.807) is 12.1 Å². The second kappa shape index (κ2) is 9.08. The standard InChI is InChI=1S/C21H31N3O2/c1-17(21(26)22-12-11-18-5-3-2-4-6-18)23-13-15-24(16-14-23)19-7-9-20(25)10-8-19/h5,7-10,17,25H,2-4,6,11-16H2,1H3,(H,22,26)/t17-/m0/s1. The van der Waals surface area contributed by atoms with Crippen LogP contribution >= 0.6 is 0 Å². The van der Waals surface area contributed by atoms with Crippen LogP contribution in [0.15, 0.2) is 35.9 Å². The zero-order chi connectivity index (χ0) is 18.4. The van der Waals surface area contributed by atoms with Crippen LogP contribution in [0.2, 0.25) is 0 Å². The number of carbonyl (C=O) groups excluding carboxylic acids is 1. The van der Waals surface area contributed by atoms with Gasteiger partial charge in [0.2, 0.25) is 5.91 Å². The SMILES string of the molecule is C[C@@H](C(=O)NCCC1=CCCCC1)N1CCN(c2ccc(O)cc2)CC1. The highest BCUT2D eigenvalue weighted by molar-refractivity contribution is 5.81. The monoisotopic (exact) mass is 357 g/mol. The van der Waals surface area contributed by atoms with Crippen LogP contribution in [0.1, 0.15) is 39.0 Å². The van der Waals surface area contributed by atoms with E-state index in [-0.39, 0.29) is 11.9 Å². The Labute approximate surface area is 156 Å². The van der Waals surface area contributed by atoms with E-state index in [2.05, 4.69) is 21.2 Å². The highest BCUT2D eigenvalue weighted by Gasteiger charge is 2.25. The van der Waals surface area contributed by atoms with Crippen molar-refractivity contribution < 1.29 is 9.90 Å². The fourth-order valence-electron chi connectivity index (χ4n) is 3.82. The third-order valence-electron chi connectivity index (χ3n) is 5.59. The average molecular weight is 357 g/mol. The number of aromatic hydroxyl groups is 1. The van der Waals surface area contributed by atoms with Crippen molar-refractivity contribution in [1.29, 1.82) is 0 Å². The average Bonchev–Trinajstić information content (AvgIpc) is 2.69. The van der Waals surface area contributed by atoms with E-state index in [9.17, 15) is 9.90 Å². The molecule has 1 aliphatic carbocycles. The molecular weight excluding hydrogens is 326 g/mol. The molecular formula is C21H31N3O2. The van der Waals surface area contributed by atoms with Crippen LogP contribution in [0.5, 0.6) is 5.75 Å². The Balaban J connectivity index is 1.41. The van der Waals surface area contributed by atoms with Crippen molar-refractivity contribution in [3.63, 3.8) is 0 Å². The number of piperazine rings is 1. The van der Waals surface area contributed by atoms with Crippen LogP contribution in [0.25, 0.3) is 0 Å². The summed E-state index contributed by atoms with van der Waals surface area (Å²) in [6.07, 6.45) is 8.34. The van der Waals surface area contributed by atoms with Crippen LogP contribution in [0.3, 0.4) is 0 Å². The van der Waals surface area contributed by atoms with Crippen LogP contribution in [-0.2, 0) is 4.79 Å². The Hall–Kier alpha value is -2.01. The second-order valence-corrected chi connectivity index (χ2v) is 7.36. The molecule has 26 heavy (non-hydrogen) atoms. The van der Waals surface area contributed by atoms with Crippen molar-refractivity contribution in [2.24, 2.45) is 0 Å². The van der Waals surface area contributed by atoms with Crippen molar-refractivity contribution >= 4 is 11.6 Å². The summed E-state index contributed by atoms with van der Waals surface area (Å²) in [4.78, 5) is 17.0. The number of anilines is 1. The summed E-state index contributed by atoms with van der Waals surface area (Å²) < 4.78 is 0. The van der Waals surface area contributed by atoms with Gasteiger partial charge in [-0.1, -0.05) is 11.6 Å². The number of nitrogens with one attached hydrogen (secondary N) is 1. The highest BCUT2D eigenvalue weighted by atomic mass is 16.3. The maximum atomic E-state index is 12.5.